The molecule has 0 bridgehead atoms. The molecule has 3 aliphatic heterocycles. The third kappa shape index (κ3) is 35.5. The molecular weight excluding hydrogens is 1340 g/mol. The van der Waals surface area contributed by atoms with Crippen molar-refractivity contribution in [3.05, 3.63) is 0 Å². The van der Waals surface area contributed by atoms with Crippen molar-refractivity contribution in [2.75, 3.05) is 119 Å². The van der Waals surface area contributed by atoms with Gasteiger partial charge in [-0.2, -0.15) is 0 Å². The summed E-state index contributed by atoms with van der Waals surface area (Å²) in [7, 11) is -13.2. The monoisotopic (exact) mass is 1440 g/mol. The van der Waals surface area contributed by atoms with Gasteiger partial charge in [-0.15, -0.1) is 0 Å². The average Bonchev–Trinajstić information content (AvgIpc) is 0.825. The predicted octanol–water partition coefficient (Wildman–Crippen LogP) is -0.824. The van der Waals surface area contributed by atoms with E-state index in [1.807, 2.05) is 6.92 Å². The largest absolute Gasteiger partial charge is 0.472 e. The quantitative estimate of drug-likeness (QED) is 0.0261. The maximum atomic E-state index is 12.6. The Morgan fingerprint density at radius 3 is 0.800 bits per heavy atom. The maximum Gasteiger partial charge on any atom is 0.472 e. The number of carbonyl (C=O) groups excluding carboxylic acids is 3. The predicted molar refractivity (Wildman–Crippen MR) is 329 cm³/mol. The number of nitrogens with one attached hydrogen (secondary N) is 3. The lowest BCUT2D eigenvalue weighted by molar-refractivity contribution is -0.270. The van der Waals surface area contributed by atoms with Crippen LogP contribution in [-0.2, 0) is 97.9 Å². The molecule has 0 spiro atoms. The van der Waals surface area contributed by atoms with E-state index in [-0.39, 0.29) is 118 Å². The minimum atomic E-state index is -4.41. The summed E-state index contributed by atoms with van der Waals surface area (Å²) in [4.78, 5) is 65.7. The summed E-state index contributed by atoms with van der Waals surface area (Å²) < 4.78 is 120. The first kappa shape index (κ1) is 87.2. The molecular formula is C56H108N3O33P3. The lowest BCUT2D eigenvalue weighted by Crippen LogP contribution is -2.64. The van der Waals surface area contributed by atoms with E-state index in [9.17, 15) is 88.7 Å². The van der Waals surface area contributed by atoms with Crippen LogP contribution in [0.5, 0.6) is 0 Å². The van der Waals surface area contributed by atoms with E-state index in [0.29, 0.717) is 77.0 Å². The molecule has 0 aromatic rings. The van der Waals surface area contributed by atoms with Crippen LogP contribution in [0.3, 0.4) is 0 Å². The molecule has 0 aromatic carbocycles. The van der Waals surface area contributed by atoms with Crippen LogP contribution in [0.1, 0.15) is 124 Å². The molecule has 0 radical (unpaired) electrons. The van der Waals surface area contributed by atoms with Gasteiger partial charge >= 0.3 is 23.5 Å². The number of carbonyl (C=O) groups is 3. The Bertz CT molecular complexity index is 2020. The van der Waals surface area contributed by atoms with Crippen molar-refractivity contribution in [1.82, 2.24) is 16.0 Å². The van der Waals surface area contributed by atoms with Gasteiger partial charge in [-0.05, 0) is 57.8 Å². The van der Waals surface area contributed by atoms with E-state index < -0.39 is 158 Å². The molecule has 3 fully saturated rings. The summed E-state index contributed by atoms with van der Waals surface area (Å²) in [5.41, 5.74) is -0.803. The highest BCUT2D eigenvalue weighted by atomic mass is 31.2. The first-order valence-electron chi connectivity index (χ1n) is 32.2. The molecule has 0 saturated carbocycles. The van der Waals surface area contributed by atoms with Gasteiger partial charge in [-0.25, -0.2) is 13.7 Å². The Kier molecular flexibility index (Phi) is 43.4. The number of phosphoric acid groups is 3. The fraction of sp³-hybridized carbons (Fsp3) is 0.946. The molecule has 0 aliphatic carbocycles. The van der Waals surface area contributed by atoms with Crippen molar-refractivity contribution in [3.63, 3.8) is 0 Å². The van der Waals surface area contributed by atoms with Gasteiger partial charge in [0.15, 0.2) is 18.9 Å². The van der Waals surface area contributed by atoms with Crippen molar-refractivity contribution >= 4 is 41.2 Å². The number of phosphoric ester groups is 3. The molecule has 3 amide bonds. The minimum absolute atomic E-state index is 0.0674. The first-order valence-corrected chi connectivity index (χ1v) is 36.7. The van der Waals surface area contributed by atoms with Gasteiger partial charge in [0, 0.05) is 65.8 Å². The number of ether oxygens (including phenoxy) is 9. The molecule has 3 aliphatic rings. The maximum absolute atomic E-state index is 12.6. The summed E-state index contributed by atoms with van der Waals surface area (Å²) in [5, 5.41) is 97.8. The van der Waals surface area contributed by atoms with Gasteiger partial charge in [0.25, 0.3) is 0 Å². The number of hydrogen-bond donors (Lipinski definition) is 15. The van der Waals surface area contributed by atoms with Crippen LogP contribution >= 0.6 is 23.5 Å². The second-order valence-electron chi connectivity index (χ2n) is 23.6. The smallest absolute Gasteiger partial charge is 0.394 e. The van der Waals surface area contributed by atoms with Crippen LogP contribution in [0, 0.1) is 5.41 Å². The van der Waals surface area contributed by atoms with E-state index in [4.69, 9.17) is 69.8 Å². The standard InChI is InChI=1S/C56H108N3O33P3/c1-38(63)57-44-50(69)47(66)41(32-60)90-53(44)81-23-11-5-8-14-26-84-93(72,73)87-29-17-20-78-35-56(4,36-79-21-18-30-88-94(74,75)85-27-15-9-6-12-24-82-54-45(58-39(2)64)51(70)48(67)42(33-61)91-54)37-80-22-19-31-89-95(76,77)86-28-16-10-7-13-25-83-55-46(59-40(3)65)52(71)49(68)43(34-62)92-55/h41-55,60-62,66-71H,5-37H2,1-4H3,(H,57,63)(H,58,64)(H,59,65)(H,72,73)(H,74,75)(H,76,77). The molecule has 3 saturated heterocycles. The lowest BCUT2D eigenvalue weighted by atomic mass is 9.94. The van der Waals surface area contributed by atoms with E-state index in [1.165, 1.54) is 20.8 Å². The molecule has 3 heterocycles. The number of aliphatic hydroxyl groups is 9. The number of aliphatic hydroxyl groups excluding tert-OH is 9. The Hall–Kier alpha value is -1.98. The van der Waals surface area contributed by atoms with E-state index >= 15 is 0 Å². The number of hydrogen-bond acceptors (Lipinski definition) is 30. The Labute approximate surface area is 554 Å². The van der Waals surface area contributed by atoms with E-state index in [1.54, 1.807) is 0 Å². The van der Waals surface area contributed by atoms with Crippen LogP contribution in [0.4, 0.5) is 0 Å². The van der Waals surface area contributed by atoms with Gasteiger partial charge in [0.2, 0.25) is 17.7 Å². The zero-order valence-corrected chi connectivity index (χ0v) is 57.5. The van der Waals surface area contributed by atoms with Crippen molar-refractivity contribution in [2.24, 2.45) is 5.41 Å². The van der Waals surface area contributed by atoms with Crippen LogP contribution in [0.15, 0.2) is 0 Å². The third-order valence-corrected chi connectivity index (χ3v) is 17.9. The van der Waals surface area contributed by atoms with Crippen LogP contribution in [-0.4, -0.2) is 289 Å². The van der Waals surface area contributed by atoms with Crippen molar-refractivity contribution in [1.29, 1.82) is 0 Å². The fourth-order valence-corrected chi connectivity index (χ4v) is 12.2. The molecule has 3 rings (SSSR count). The molecule has 18 atom stereocenters. The Balaban J connectivity index is 1.36. The van der Waals surface area contributed by atoms with Crippen LogP contribution in [0.2, 0.25) is 0 Å². The van der Waals surface area contributed by atoms with Crippen LogP contribution in [0.25, 0.3) is 0 Å². The second kappa shape index (κ2) is 47.3. The number of rotatable bonds is 54. The molecule has 36 nitrogen and oxygen atoms in total. The molecule has 560 valence electrons. The third-order valence-electron chi connectivity index (χ3n) is 14.9. The highest BCUT2D eigenvalue weighted by molar-refractivity contribution is 7.47. The summed E-state index contributed by atoms with van der Waals surface area (Å²) in [6, 6.07) is -3.19. The van der Waals surface area contributed by atoms with Crippen molar-refractivity contribution in [2.45, 2.75) is 216 Å². The molecule has 95 heavy (non-hydrogen) atoms. The molecule has 39 heteroatoms. The van der Waals surface area contributed by atoms with E-state index in [2.05, 4.69) is 16.0 Å². The summed E-state index contributed by atoms with van der Waals surface area (Å²) in [6.45, 7) is 3.86. The average molecular weight is 1440 g/mol. The summed E-state index contributed by atoms with van der Waals surface area (Å²) in [6.07, 6.45) is -8.42. The molecule has 18 unspecified atom stereocenters. The van der Waals surface area contributed by atoms with Crippen molar-refractivity contribution in [3.8, 4) is 0 Å². The normalized spacial score (nSPS) is 29.0. The van der Waals surface area contributed by atoms with Crippen LogP contribution < -0.4 is 16.0 Å². The second-order valence-corrected chi connectivity index (χ2v) is 27.9. The molecule has 0 aromatic heterocycles. The van der Waals surface area contributed by atoms with Gasteiger partial charge in [-0.3, -0.25) is 41.5 Å². The Morgan fingerprint density at radius 2 is 0.579 bits per heavy atom. The first-order chi connectivity index (χ1) is 45.1. The van der Waals surface area contributed by atoms with Gasteiger partial charge in [-0.1, -0.05) is 45.4 Å². The highest BCUT2D eigenvalue weighted by Crippen LogP contribution is 2.45. The Morgan fingerprint density at radius 1 is 0.358 bits per heavy atom. The minimum Gasteiger partial charge on any atom is -0.394 e. The lowest BCUT2D eigenvalue weighted by Gasteiger charge is -2.42. The zero-order valence-electron chi connectivity index (χ0n) is 54.8. The topological polar surface area (TPSA) is 520 Å². The van der Waals surface area contributed by atoms with Gasteiger partial charge < -0.3 is 119 Å². The number of unbranched alkanes of at least 4 members (excludes halogenated alkanes) is 9. The van der Waals surface area contributed by atoms with Crippen molar-refractivity contribution < 1.29 is 158 Å². The summed E-state index contributed by atoms with van der Waals surface area (Å²) >= 11 is 0. The van der Waals surface area contributed by atoms with Gasteiger partial charge in [0.1, 0.15) is 73.1 Å². The molecule has 15 N–H and O–H groups in total. The summed E-state index contributed by atoms with van der Waals surface area (Å²) in [5.74, 6) is -1.44. The zero-order chi connectivity index (χ0) is 70.5. The SMILES string of the molecule is CC(=O)NC1C(OCCCCCCOP(=O)(O)OCCCOCC(C)(COCCCOP(=O)(O)OCCCCCCOC2OC(CO)C(O)C(O)C2NC(C)=O)COCCCOP(=O)(O)OCCCCCCOC2OC(CO)C(O)C(O)C2NC(C)=O)OC(CO)C(O)C1O. The van der Waals surface area contributed by atoms with Gasteiger partial charge in [0.05, 0.1) is 79.3 Å². The number of amides is 3. The highest BCUT2D eigenvalue weighted by Gasteiger charge is 2.48. The van der Waals surface area contributed by atoms with E-state index in [0.717, 1.165) is 0 Å². The fourth-order valence-electron chi connectivity index (χ4n) is 9.87.